The third kappa shape index (κ3) is 3.05. The van der Waals surface area contributed by atoms with Gasteiger partial charge in [0.25, 0.3) is 0 Å². The van der Waals surface area contributed by atoms with Gasteiger partial charge in [-0.3, -0.25) is 9.69 Å². The molecule has 1 N–H and O–H groups in total. The highest BCUT2D eigenvalue weighted by atomic mass is 16.4. The Kier molecular flexibility index (Phi) is 4.66. The van der Waals surface area contributed by atoms with E-state index in [9.17, 15) is 9.90 Å². The maximum Gasteiger partial charge on any atom is 0.320 e. The SMILES string of the molecule is CC1CCC(N2CCCCCC2C(=O)O)CC1C. The minimum absolute atomic E-state index is 0.224. The number of carboxylic acids is 1. The third-order valence-electron chi connectivity index (χ3n) is 5.12. The van der Waals surface area contributed by atoms with E-state index in [-0.39, 0.29) is 6.04 Å². The zero-order valence-corrected chi connectivity index (χ0v) is 11.8. The summed E-state index contributed by atoms with van der Waals surface area (Å²) in [4.78, 5) is 13.8. The molecule has 4 atom stereocenters. The average molecular weight is 253 g/mol. The molecule has 1 heterocycles. The third-order valence-corrected chi connectivity index (χ3v) is 5.12. The molecule has 4 unspecified atom stereocenters. The molecular formula is C15H27NO2. The van der Waals surface area contributed by atoms with Crippen LogP contribution in [-0.2, 0) is 4.79 Å². The van der Waals surface area contributed by atoms with Crippen molar-refractivity contribution in [2.24, 2.45) is 11.8 Å². The van der Waals surface area contributed by atoms with Crippen molar-refractivity contribution >= 4 is 5.97 Å². The standard InChI is InChI=1S/C15H27NO2/c1-11-7-8-13(10-12(11)2)16-9-5-3-4-6-14(16)15(17)18/h11-14H,3-10H2,1-2H3,(H,17,18). The van der Waals surface area contributed by atoms with E-state index < -0.39 is 5.97 Å². The number of aliphatic carboxylic acids is 1. The number of likely N-dealkylation sites (tertiary alicyclic amines) is 1. The molecule has 104 valence electrons. The van der Waals surface area contributed by atoms with Crippen LogP contribution in [0, 0.1) is 11.8 Å². The van der Waals surface area contributed by atoms with E-state index >= 15 is 0 Å². The number of rotatable bonds is 2. The van der Waals surface area contributed by atoms with Gasteiger partial charge < -0.3 is 5.11 Å². The van der Waals surface area contributed by atoms with Crippen molar-refractivity contribution in [3.05, 3.63) is 0 Å². The first-order valence-corrected chi connectivity index (χ1v) is 7.58. The van der Waals surface area contributed by atoms with E-state index in [1.807, 2.05) is 0 Å². The van der Waals surface area contributed by atoms with Crippen molar-refractivity contribution in [1.29, 1.82) is 0 Å². The van der Waals surface area contributed by atoms with Crippen molar-refractivity contribution in [1.82, 2.24) is 4.90 Å². The van der Waals surface area contributed by atoms with Gasteiger partial charge in [-0.15, -0.1) is 0 Å². The molecule has 0 aromatic rings. The smallest absolute Gasteiger partial charge is 0.320 e. The maximum absolute atomic E-state index is 11.5. The zero-order valence-electron chi connectivity index (χ0n) is 11.8. The molecule has 2 aliphatic rings. The van der Waals surface area contributed by atoms with Crippen molar-refractivity contribution in [2.75, 3.05) is 6.54 Å². The summed E-state index contributed by atoms with van der Waals surface area (Å²) < 4.78 is 0. The molecule has 18 heavy (non-hydrogen) atoms. The average Bonchev–Trinajstić information content (AvgIpc) is 2.58. The van der Waals surface area contributed by atoms with Gasteiger partial charge in [0.15, 0.2) is 0 Å². The molecular weight excluding hydrogens is 226 g/mol. The first kappa shape index (κ1) is 13.9. The van der Waals surface area contributed by atoms with Crippen molar-refractivity contribution in [3.63, 3.8) is 0 Å². The summed E-state index contributed by atoms with van der Waals surface area (Å²) in [5, 5.41) is 9.44. The summed E-state index contributed by atoms with van der Waals surface area (Å²) in [5.74, 6) is 0.932. The van der Waals surface area contributed by atoms with Crippen LogP contribution in [0.1, 0.15) is 58.8 Å². The minimum atomic E-state index is -0.608. The second-order valence-corrected chi connectivity index (χ2v) is 6.36. The molecule has 0 amide bonds. The Morgan fingerprint density at radius 2 is 1.83 bits per heavy atom. The Morgan fingerprint density at radius 1 is 1.06 bits per heavy atom. The monoisotopic (exact) mass is 253 g/mol. The van der Waals surface area contributed by atoms with Gasteiger partial charge in [-0.05, 0) is 50.5 Å². The lowest BCUT2D eigenvalue weighted by Gasteiger charge is -2.41. The second kappa shape index (κ2) is 6.05. The normalized spacial score (nSPS) is 39.2. The van der Waals surface area contributed by atoms with E-state index in [2.05, 4.69) is 18.7 Å². The molecule has 0 radical (unpaired) electrons. The Hall–Kier alpha value is -0.570. The topological polar surface area (TPSA) is 40.5 Å². The predicted octanol–water partition coefficient (Wildman–Crippen LogP) is 3.14. The highest BCUT2D eigenvalue weighted by molar-refractivity contribution is 5.73. The van der Waals surface area contributed by atoms with Gasteiger partial charge in [-0.2, -0.15) is 0 Å². The fourth-order valence-corrected chi connectivity index (χ4v) is 3.65. The van der Waals surface area contributed by atoms with Crippen LogP contribution in [0.15, 0.2) is 0 Å². The summed E-state index contributed by atoms with van der Waals surface area (Å²) in [7, 11) is 0. The van der Waals surface area contributed by atoms with E-state index in [0.717, 1.165) is 31.2 Å². The van der Waals surface area contributed by atoms with Crippen LogP contribution in [0.3, 0.4) is 0 Å². The largest absolute Gasteiger partial charge is 0.480 e. The van der Waals surface area contributed by atoms with E-state index in [1.165, 1.54) is 32.1 Å². The van der Waals surface area contributed by atoms with E-state index in [4.69, 9.17) is 0 Å². The predicted molar refractivity (Wildman–Crippen MR) is 72.6 cm³/mol. The number of carbonyl (C=O) groups is 1. The van der Waals surface area contributed by atoms with Crippen LogP contribution in [0.25, 0.3) is 0 Å². The van der Waals surface area contributed by atoms with Crippen LogP contribution in [-0.4, -0.2) is 34.6 Å². The fourth-order valence-electron chi connectivity index (χ4n) is 3.65. The lowest BCUT2D eigenvalue weighted by Crippen LogP contribution is -2.49. The molecule has 0 aromatic carbocycles. The number of nitrogens with zero attached hydrogens (tertiary/aromatic N) is 1. The molecule has 1 saturated heterocycles. The number of hydrogen-bond donors (Lipinski definition) is 1. The highest BCUT2D eigenvalue weighted by Gasteiger charge is 2.35. The Bertz CT molecular complexity index is 292. The van der Waals surface area contributed by atoms with Crippen LogP contribution in [0.5, 0.6) is 0 Å². The number of hydrogen-bond acceptors (Lipinski definition) is 2. The quantitative estimate of drug-likeness (QED) is 0.822. The van der Waals surface area contributed by atoms with Crippen LogP contribution in [0.2, 0.25) is 0 Å². The molecule has 1 aliphatic carbocycles. The Labute approximate surface area is 111 Å². The lowest BCUT2D eigenvalue weighted by molar-refractivity contribution is -0.145. The van der Waals surface area contributed by atoms with Gasteiger partial charge in [-0.1, -0.05) is 26.7 Å². The first-order chi connectivity index (χ1) is 8.59. The summed E-state index contributed by atoms with van der Waals surface area (Å²) in [6.07, 6.45) is 7.92. The summed E-state index contributed by atoms with van der Waals surface area (Å²) in [6, 6.07) is 0.286. The Balaban J connectivity index is 2.05. The zero-order chi connectivity index (χ0) is 13.1. The molecule has 3 heteroatoms. The Morgan fingerprint density at radius 3 is 2.50 bits per heavy atom. The van der Waals surface area contributed by atoms with Crippen LogP contribution < -0.4 is 0 Å². The molecule has 0 bridgehead atoms. The van der Waals surface area contributed by atoms with Gasteiger partial charge in [0.1, 0.15) is 6.04 Å². The van der Waals surface area contributed by atoms with E-state index in [1.54, 1.807) is 0 Å². The van der Waals surface area contributed by atoms with Gasteiger partial charge in [0.05, 0.1) is 0 Å². The van der Waals surface area contributed by atoms with Gasteiger partial charge in [0.2, 0.25) is 0 Å². The van der Waals surface area contributed by atoms with Crippen molar-refractivity contribution in [2.45, 2.75) is 70.9 Å². The molecule has 3 nitrogen and oxygen atoms in total. The fraction of sp³-hybridized carbons (Fsp3) is 0.933. The van der Waals surface area contributed by atoms with Gasteiger partial charge in [0, 0.05) is 6.04 Å². The maximum atomic E-state index is 11.5. The molecule has 0 aromatic heterocycles. The van der Waals surface area contributed by atoms with Crippen LogP contribution in [0.4, 0.5) is 0 Å². The van der Waals surface area contributed by atoms with Crippen molar-refractivity contribution < 1.29 is 9.90 Å². The second-order valence-electron chi connectivity index (χ2n) is 6.36. The highest BCUT2D eigenvalue weighted by Crippen LogP contribution is 2.34. The van der Waals surface area contributed by atoms with E-state index in [0.29, 0.717) is 6.04 Å². The van der Waals surface area contributed by atoms with Crippen LogP contribution >= 0.6 is 0 Å². The number of carboxylic acid groups (broad SMARTS) is 1. The molecule has 2 fully saturated rings. The molecule has 1 aliphatic heterocycles. The van der Waals surface area contributed by atoms with Gasteiger partial charge in [-0.25, -0.2) is 0 Å². The molecule has 2 rings (SSSR count). The summed E-state index contributed by atoms with van der Waals surface area (Å²) >= 11 is 0. The van der Waals surface area contributed by atoms with Crippen molar-refractivity contribution in [3.8, 4) is 0 Å². The summed E-state index contributed by atoms with van der Waals surface area (Å²) in [5.41, 5.74) is 0. The lowest BCUT2D eigenvalue weighted by atomic mass is 9.78. The summed E-state index contributed by atoms with van der Waals surface area (Å²) in [6.45, 7) is 5.64. The molecule has 1 saturated carbocycles. The molecule has 0 spiro atoms. The van der Waals surface area contributed by atoms with Gasteiger partial charge >= 0.3 is 5.97 Å². The first-order valence-electron chi connectivity index (χ1n) is 7.58. The minimum Gasteiger partial charge on any atom is -0.480 e.